The minimum Gasteiger partial charge on any atom is -0.461 e. The molecule has 2 aromatic carbocycles. The number of ether oxygens (including phenoxy) is 2. The predicted octanol–water partition coefficient (Wildman–Crippen LogP) is 5.16. The number of anilines is 1. The third-order valence-electron chi connectivity index (χ3n) is 5.11. The first-order valence-electron chi connectivity index (χ1n) is 9.73. The van der Waals surface area contributed by atoms with Crippen LogP contribution < -0.4 is 4.90 Å². The highest BCUT2D eigenvalue weighted by Gasteiger charge is 2.31. The summed E-state index contributed by atoms with van der Waals surface area (Å²) in [6, 6.07) is 10.8. The summed E-state index contributed by atoms with van der Waals surface area (Å²) in [5.74, 6) is -0.995. The fraction of sp³-hybridized carbons (Fsp3) is 0.318. The number of fused-ring (bicyclic) bond motifs is 1. The van der Waals surface area contributed by atoms with Gasteiger partial charge in [0.05, 0.1) is 36.0 Å². The molecular weight excluding hydrogens is 427 g/mol. The topological polar surface area (TPSA) is 43.7 Å². The van der Waals surface area contributed by atoms with Gasteiger partial charge in [-0.1, -0.05) is 17.7 Å². The van der Waals surface area contributed by atoms with Crippen molar-refractivity contribution in [1.82, 2.24) is 4.57 Å². The van der Waals surface area contributed by atoms with Crippen LogP contribution in [0.5, 0.6) is 0 Å². The lowest BCUT2D eigenvalue weighted by atomic mass is 10.2. The second kappa shape index (κ2) is 8.88. The number of hydrogen-bond donors (Lipinski definition) is 0. The zero-order valence-electron chi connectivity index (χ0n) is 16.8. The number of thioether (sulfide) groups is 1. The van der Waals surface area contributed by atoms with Crippen molar-refractivity contribution in [1.29, 1.82) is 0 Å². The Balaban J connectivity index is 2.09. The number of hydrogen-bond acceptors (Lipinski definition) is 5. The zero-order valence-corrected chi connectivity index (χ0v) is 18.4. The molecule has 0 N–H and O–H groups in total. The quantitative estimate of drug-likeness (QED) is 0.398. The molecule has 1 fully saturated rings. The third kappa shape index (κ3) is 3.66. The standard InChI is InChI=1S/C22H22ClFN2O3S/c1-3-29-22(27)21-20(25-9-11-28-12-10-25)18-17(8-7-16(24)19(18)23)26(21)14-5-4-6-15(13-14)30-2/h4-8,13H,3,9-12H2,1-2H3. The van der Waals surface area contributed by atoms with Crippen LogP contribution in [0, 0.1) is 5.82 Å². The van der Waals surface area contributed by atoms with Crippen molar-refractivity contribution in [2.45, 2.75) is 11.8 Å². The summed E-state index contributed by atoms with van der Waals surface area (Å²) in [7, 11) is 0. The largest absolute Gasteiger partial charge is 0.461 e. The van der Waals surface area contributed by atoms with Gasteiger partial charge in [-0.3, -0.25) is 0 Å². The van der Waals surface area contributed by atoms with E-state index in [0.717, 1.165) is 10.6 Å². The fourth-order valence-electron chi connectivity index (χ4n) is 3.80. The zero-order chi connectivity index (χ0) is 21.3. The van der Waals surface area contributed by atoms with Gasteiger partial charge in [0.1, 0.15) is 5.82 Å². The molecule has 3 aromatic rings. The van der Waals surface area contributed by atoms with Crippen LogP contribution in [0.1, 0.15) is 17.4 Å². The molecule has 158 valence electrons. The maximum Gasteiger partial charge on any atom is 0.357 e. The van der Waals surface area contributed by atoms with Crippen LogP contribution >= 0.6 is 23.4 Å². The van der Waals surface area contributed by atoms with E-state index in [1.807, 2.05) is 40.0 Å². The Morgan fingerprint density at radius 3 is 2.73 bits per heavy atom. The van der Waals surface area contributed by atoms with Gasteiger partial charge < -0.3 is 18.9 Å². The molecule has 1 aromatic heterocycles. The highest BCUT2D eigenvalue weighted by Crippen LogP contribution is 2.42. The highest BCUT2D eigenvalue weighted by molar-refractivity contribution is 7.98. The van der Waals surface area contributed by atoms with E-state index in [-0.39, 0.29) is 11.6 Å². The van der Waals surface area contributed by atoms with Gasteiger partial charge in [-0.25, -0.2) is 9.18 Å². The van der Waals surface area contributed by atoms with E-state index in [9.17, 15) is 9.18 Å². The monoisotopic (exact) mass is 448 g/mol. The predicted molar refractivity (Wildman–Crippen MR) is 119 cm³/mol. The first kappa shape index (κ1) is 21.0. The number of nitrogens with zero attached hydrogens (tertiary/aromatic N) is 2. The molecule has 0 unspecified atom stereocenters. The summed E-state index contributed by atoms with van der Waals surface area (Å²) in [4.78, 5) is 16.3. The van der Waals surface area contributed by atoms with Crippen molar-refractivity contribution in [2.24, 2.45) is 0 Å². The lowest BCUT2D eigenvalue weighted by Gasteiger charge is -2.29. The Morgan fingerprint density at radius 1 is 1.27 bits per heavy atom. The van der Waals surface area contributed by atoms with E-state index in [4.69, 9.17) is 21.1 Å². The van der Waals surface area contributed by atoms with Crippen molar-refractivity contribution in [3.05, 3.63) is 52.9 Å². The lowest BCUT2D eigenvalue weighted by molar-refractivity contribution is 0.0517. The average molecular weight is 449 g/mol. The van der Waals surface area contributed by atoms with E-state index in [0.29, 0.717) is 48.6 Å². The maximum absolute atomic E-state index is 14.5. The molecule has 8 heteroatoms. The van der Waals surface area contributed by atoms with Crippen molar-refractivity contribution < 1.29 is 18.7 Å². The highest BCUT2D eigenvalue weighted by atomic mass is 35.5. The molecule has 1 saturated heterocycles. The molecule has 0 atom stereocenters. The summed E-state index contributed by atoms with van der Waals surface area (Å²) in [5.41, 5.74) is 2.38. The molecule has 0 saturated carbocycles. The van der Waals surface area contributed by atoms with E-state index in [1.54, 1.807) is 24.8 Å². The number of morpholine rings is 1. The molecule has 0 bridgehead atoms. The molecule has 2 heterocycles. The second-order valence-corrected chi connectivity index (χ2v) is 8.07. The van der Waals surface area contributed by atoms with Crippen LogP contribution in [0.25, 0.3) is 16.6 Å². The number of carbonyl (C=O) groups excluding carboxylic acids is 1. The first-order chi connectivity index (χ1) is 14.6. The molecule has 0 aliphatic carbocycles. The summed E-state index contributed by atoms with van der Waals surface area (Å²) in [6.07, 6.45) is 1.99. The van der Waals surface area contributed by atoms with E-state index >= 15 is 0 Å². The van der Waals surface area contributed by atoms with Gasteiger partial charge in [0.2, 0.25) is 0 Å². The van der Waals surface area contributed by atoms with Gasteiger partial charge in [0.15, 0.2) is 5.69 Å². The third-order valence-corrected chi connectivity index (χ3v) is 6.20. The number of esters is 1. The van der Waals surface area contributed by atoms with Crippen molar-refractivity contribution in [2.75, 3.05) is 44.1 Å². The Labute approximate surface area is 183 Å². The number of rotatable bonds is 5. The van der Waals surface area contributed by atoms with Crippen LogP contribution in [0.2, 0.25) is 5.02 Å². The van der Waals surface area contributed by atoms with Crippen LogP contribution in [0.4, 0.5) is 10.1 Å². The molecule has 0 amide bonds. The van der Waals surface area contributed by atoms with Crippen LogP contribution in [-0.2, 0) is 9.47 Å². The van der Waals surface area contributed by atoms with Gasteiger partial charge in [0.25, 0.3) is 0 Å². The van der Waals surface area contributed by atoms with Crippen molar-refractivity contribution >= 4 is 45.9 Å². The summed E-state index contributed by atoms with van der Waals surface area (Å²) >= 11 is 8.07. The summed E-state index contributed by atoms with van der Waals surface area (Å²) < 4.78 is 27.2. The number of aromatic nitrogens is 1. The molecule has 4 rings (SSSR count). The number of benzene rings is 2. The summed E-state index contributed by atoms with van der Waals surface area (Å²) in [6.45, 7) is 4.18. The second-order valence-electron chi connectivity index (χ2n) is 6.81. The Kier molecular flexibility index (Phi) is 6.22. The van der Waals surface area contributed by atoms with Gasteiger partial charge in [-0.2, -0.15) is 0 Å². The smallest absolute Gasteiger partial charge is 0.357 e. The number of carbonyl (C=O) groups is 1. The van der Waals surface area contributed by atoms with Gasteiger partial charge >= 0.3 is 5.97 Å². The van der Waals surface area contributed by atoms with E-state index in [1.165, 1.54) is 6.07 Å². The normalized spacial score (nSPS) is 14.3. The molecule has 0 radical (unpaired) electrons. The maximum atomic E-state index is 14.5. The molecule has 1 aliphatic heterocycles. The SMILES string of the molecule is CCOC(=O)c1c(N2CCOCC2)c2c(Cl)c(F)ccc2n1-c1cccc(SC)c1. The van der Waals surface area contributed by atoms with Gasteiger partial charge in [-0.15, -0.1) is 11.8 Å². The molecular formula is C22H22ClFN2O3S. The average Bonchev–Trinajstić information content (AvgIpc) is 3.13. The molecule has 0 spiro atoms. The van der Waals surface area contributed by atoms with Crippen molar-refractivity contribution in [3.63, 3.8) is 0 Å². The molecule has 5 nitrogen and oxygen atoms in total. The Hall–Kier alpha value is -2.22. The lowest BCUT2D eigenvalue weighted by Crippen LogP contribution is -2.37. The minimum absolute atomic E-state index is 0.000638. The van der Waals surface area contributed by atoms with Gasteiger partial charge in [0, 0.05) is 29.1 Å². The first-order valence-corrected chi connectivity index (χ1v) is 11.3. The van der Waals surface area contributed by atoms with E-state index in [2.05, 4.69) is 0 Å². The fourth-order valence-corrected chi connectivity index (χ4v) is 4.50. The van der Waals surface area contributed by atoms with Crippen molar-refractivity contribution in [3.8, 4) is 5.69 Å². The molecule has 1 aliphatic rings. The Bertz CT molecular complexity index is 1100. The van der Waals surface area contributed by atoms with Crippen LogP contribution in [-0.4, -0.2) is 49.7 Å². The van der Waals surface area contributed by atoms with E-state index < -0.39 is 11.8 Å². The van der Waals surface area contributed by atoms with Gasteiger partial charge in [-0.05, 0) is 43.5 Å². The van der Waals surface area contributed by atoms with Crippen LogP contribution in [0.3, 0.4) is 0 Å². The minimum atomic E-state index is -0.524. The Morgan fingerprint density at radius 2 is 2.03 bits per heavy atom. The van der Waals surface area contributed by atoms with Crippen LogP contribution in [0.15, 0.2) is 41.3 Å². The molecule has 30 heavy (non-hydrogen) atoms. The number of halogens is 2. The summed E-state index contributed by atoms with van der Waals surface area (Å²) in [5, 5.41) is 0.510.